The third-order valence-corrected chi connectivity index (χ3v) is 5.11. The average molecular weight is 387 g/mol. The van der Waals surface area contributed by atoms with E-state index >= 15 is 0 Å². The maximum absolute atomic E-state index is 13.1. The molecule has 0 radical (unpaired) electrons. The third-order valence-electron chi connectivity index (χ3n) is 5.11. The summed E-state index contributed by atoms with van der Waals surface area (Å²) >= 11 is 0. The fraction of sp³-hybridized carbons (Fsp3) is 0.167. The summed E-state index contributed by atoms with van der Waals surface area (Å²) in [5, 5.41) is 10.6. The van der Waals surface area contributed by atoms with Crippen LogP contribution in [0.25, 0.3) is 0 Å². The number of carbonyl (C=O) groups excluding carboxylic acids is 2. The highest BCUT2D eigenvalue weighted by atomic mass is 16.3. The molecule has 2 heterocycles. The van der Waals surface area contributed by atoms with Gasteiger partial charge in [0, 0.05) is 6.54 Å². The molecule has 4 rings (SSSR count). The minimum absolute atomic E-state index is 0.0589. The lowest BCUT2D eigenvalue weighted by atomic mass is 9.95. The first-order valence-corrected chi connectivity index (χ1v) is 9.50. The van der Waals surface area contributed by atoms with Gasteiger partial charge in [-0.05, 0) is 36.6 Å². The molecule has 0 saturated carbocycles. The molecule has 0 fully saturated rings. The number of benzene rings is 2. The van der Waals surface area contributed by atoms with Gasteiger partial charge in [-0.15, -0.1) is 0 Å². The Morgan fingerprint density at radius 2 is 1.66 bits per heavy atom. The molecule has 1 amide bonds. The van der Waals surface area contributed by atoms with Crippen LogP contribution in [0, 0.1) is 6.92 Å². The maximum atomic E-state index is 13.1. The number of hydrogen-bond donors (Lipinski definition) is 1. The summed E-state index contributed by atoms with van der Waals surface area (Å²) in [6.45, 7) is 2.12. The van der Waals surface area contributed by atoms with Crippen LogP contribution in [0.1, 0.15) is 33.5 Å². The van der Waals surface area contributed by atoms with Gasteiger partial charge in [0.2, 0.25) is 5.78 Å². The zero-order valence-corrected chi connectivity index (χ0v) is 16.0. The Bertz CT molecular complexity index is 1070. The molecule has 3 aromatic rings. The van der Waals surface area contributed by atoms with E-state index < -0.39 is 23.5 Å². The molecule has 0 bridgehead atoms. The zero-order valence-electron chi connectivity index (χ0n) is 16.0. The van der Waals surface area contributed by atoms with Crippen LogP contribution in [0.2, 0.25) is 0 Å². The monoisotopic (exact) mass is 387 g/mol. The van der Waals surface area contributed by atoms with Crippen molar-refractivity contribution in [2.24, 2.45) is 0 Å². The van der Waals surface area contributed by atoms with Crippen molar-refractivity contribution in [3.8, 4) is 0 Å². The van der Waals surface area contributed by atoms with Crippen LogP contribution in [0.5, 0.6) is 0 Å². The van der Waals surface area contributed by atoms with Crippen LogP contribution in [-0.2, 0) is 11.2 Å². The molecule has 1 aromatic heterocycles. The molecule has 0 aliphatic carbocycles. The molecule has 5 nitrogen and oxygen atoms in total. The van der Waals surface area contributed by atoms with Crippen molar-refractivity contribution >= 4 is 11.7 Å². The average Bonchev–Trinajstić information content (AvgIpc) is 3.29. The van der Waals surface area contributed by atoms with Gasteiger partial charge in [-0.1, -0.05) is 60.7 Å². The number of ketones is 1. The molecule has 146 valence electrons. The van der Waals surface area contributed by atoms with Crippen LogP contribution in [0.4, 0.5) is 0 Å². The van der Waals surface area contributed by atoms with E-state index in [1.54, 1.807) is 24.0 Å². The molecular weight excluding hydrogens is 366 g/mol. The second-order valence-corrected chi connectivity index (χ2v) is 7.05. The molecule has 0 spiro atoms. The predicted molar refractivity (Wildman–Crippen MR) is 108 cm³/mol. The lowest BCUT2D eigenvalue weighted by Gasteiger charge is -2.26. The van der Waals surface area contributed by atoms with Gasteiger partial charge in [0.05, 0.1) is 11.6 Å². The first kappa shape index (κ1) is 18.7. The van der Waals surface area contributed by atoms with Gasteiger partial charge >= 0.3 is 0 Å². The van der Waals surface area contributed by atoms with Crippen molar-refractivity contribution in [2.45, 2.75) is 19.4 Å². The molecule has 1 aliphatic heterocycles. The lowest BCUT2D eigenvalue weighted by Crippen LogP contribution is -2.33. The van der Waals surface area contributed by atoms with E-state index in [4.69, 9.17) is 4.42 Å². The molecule has 0 saturated heterocycles. The largest absolute Gasteiger partial charge is 0.503 e. The number of rotatable bonds is 6. The normalized spacial score (nSPS) is 16.5. The number of amides is 1. The number of aryl methyl sites for hydroxylation is 1. The van der Waals surface area contributed by atoms with Crippen LogP contribution in [0.3, 0.4) is 0 Å². The smallest absolute Gasteiger partial charge is 0.290 e. The summed E-state index contributed by atoms with van der Waals surface area (Å²) in [6, 6.07) is 21.7. The van der Waals surface area contributed by atoms with Crippen LogP contribution >= 0.6 is 0 Å². The Morgan fingerprint density at radius 1 is 1.00 bits per heavy atom. The fourth-order valence-corrected chi connectivity index (χ4v) is 3.68. The third kappa shape index (κ3) is 3.59. The van der Waals surface area contributed by atoms with E-state index in [0.29, 0.717) is 18.7 Å². The second-order valence-electron chi connectivity index (χ2n) is 7.05. The minimum Gasteiger partial charge on any atom is -0.503 e. The topological polar surface area (TPSA) is 70.8 Å². The highest BCUT2D eigenvalue weighted by Crippen LogP contribution is 2.39. The van der Waals surface area contributed by atoms with Gasteiger partial charge in [0.1, 0.15) is 5.76 Å². The molecule has 1 unspecified atom stereocenters. The highest BCUT2D eigenvalue weighted by Gasteiger charge is 2.44. The van der Waals surface area contributed by atoms with E-state index in [0.717, 1.165) is 11.1 Å². The van der Waals surface area contributed by atoms with Crippen LogP contribution < -0.4 is 0 Å². The summed E-state index contributed by atoms with van der Waals surface area (Å²) in [5.74, 6) is -0.815. The summed E-state index contributed by atoms with van der Waals surface area (Å²) < 4.78 is 5.47. The number of nitrogens with zero attached hydrogens (tertiary/aromatic N) is 1. The van der Waals surface area contributed by atoms with Crippen molar-refractivity contribution in [2.75, 3.05) is 6.54 Å². The van der Waals surface area contributed by atoms with E-state index in [1.807, 2.05) is 60.7 Å². The minimum atomic E-state index is -0.662. The van der Waals surface area contributed by atoms with Gasteiger partial charge in [-0.2, -0.15) is 0 Å². The quantitative estimate of drug-likeness (QED) is 0.636. The van der Waals surface area contributed by atoms with E-state index in [9.17, 15) is 14.7 Å². The van der Waals surface area contributed by atoms with Crippen molar-refractivity contribution in [1.29, 1.82) is 0 Å². The summed E-state index contributed by atoms with van der Waals surface area (Å²) in [6.07, 6.45) is 0.616. The van der Waals surface area contributed by atoms with E-state index in [1.165, 1.54) is 0 Å². The highest BCUT2D eigenvalue weighted by molar-refractivity contribution is 6.15. The first-order chi connectivity index (χ1) is 14.1. The number of aliphatic hydroxyl groups is 1. The van der Waals surface area contributed by atoms with Crippen molar-refractivity contribution in [3.05, 3.63) is 107 Å². The second kappa shape index (κ2) is 7.80. The van der Waals surface area contributed by atoms with Crippen LogP contribution in [0.15, 0.2) is 88.5 Å². The van der Waals surface area contributed by atoms with E-state index in [-0.39, 0.29) is 11.3 Å². The first-order valence-electron chi connectivity index (χ1n) is 9.50. The number of hydrogen-bond acceptors (Lipinski definition) is 4. The Hall–Kier alpha value is -3.60. The zero-order chi connectivity index (χ0) is 20.4. The molecule has 2 aromatic carbocycles. The van der Waals surface area contributed by atoms with Crippen molar-refractivity contribution < 1.29 is 19.1 Å². The molecule has 1 N–H and O–H groups in total. The Balaban J connectivity index is 1.71. The number of Topliss-reactive ketones (excluding diaryl/α,β-unsaturated/α-hetero) is 1. The van der Waals surface area contributed by atoms with Gasteiger partial charge in [0.15, 0.2) is 11.5 Å². The van der Waals surface area contributed by atoms with Gasteiger partial charge in [-0.25, -0.2) is 0 Å². The standard InChI is InChI=1S/C24H21NO4/c1-16-12-13-19(29-16)22(26)20-21(18-10-6-3-7-11-18)25(24(28)23(20)27)15-14-17-8-4-2-5-9-17/h2-13,21,27H,14-15H2,1H3. The summed E-state index contributed by atoms with van der Waals surface area (Å²) in [7, 11) is 0. The Morgan fingerprint density at radius 3 is 2.28 bits per heavy atom. The van der Waals surface area contributed by atoms with Gasteiger partial charge < -0.3 is 14.4 Å². The number of aliphatic hydroxyl groups excluding tert-OH is 1. The van der Waals surface area contributed by atoms with Gasteiger partial charge in [0.25, 0.3) is 5.91 Å². The maximum Gasteiger partial charge on any atom is 0.290 e. The lowest BCUT2D eigenvalue weighted by molar-refractivity contribution is -0.129. The van der Waals surface area contributed by atoms with Crippen LogP contribution in [-0.4, -0.2) is 28.2 Å². The molecule has 1 atom stereocenters. The SMILES string of the molecule is Cc1ccc(C(=O)C2=C(O)C(=O)N(CCc3ccccc3)C2c2ccccc2)o1. The summed E-state index contributed by atoms with van der Waals surface area (Å²) in [4.78, 5) is 27.6. The fourth-order valence-electron chi connectivity index (χ4n) is 3.68. The molecule has 5 heteroatoms. The van der Waals surface area contributed by atoms with Gasteiger partial charge in [-0.3, -0.25) is 9.59 Å². The summed E-state index contributed by atoms with van der Waals surface area (Å²) in [5.41, 5.74) is 1.90. The number of carbonyl (C=O) groups is 2. The molecule has 29 heavy (non-hydrogen) atoms. The number of furan rings is 1. The Kier molecular flexibility index (Phi) is 5.04. The van der Waals surface area contributed by atoms with E-state index in [2.05, 4.69) is 0 Å². The van der Waals surface area contributed by atoms with Crippen molar-refractivity contribution in [1.82, 2.24) is 4.90 Å². The Labute approximate surface area is 168 Å². The predicted octanol–water partition coefficient (Wildman–Crippen LogP) is 4.41. The molecular formula is C24H21NO4. The van der Waals surface area contributed by atoms with Crippen molar-refractivity contribution in [3.63, 3.8) is 0 Å². The molecule has 1 aliphatic rings.